The third-order valence-corrected chi connectivity index (χ3v) is 3.20. The molecule has 0 spiro atoms. The molecule has 0 saturated heterocycles. The molecule has 126 valence electrons. The molecule has 0 aliphatic carbocycles. The van der Waals surface area contributed by atoms with Crippen LogP contribution < -0.4 is 10.1 Å². The second-order valence-corrected chi connectivity index (χ2v) is 4.77. The lowest BCUT2D eigenvalue weighted by Crippen LogP contribution is -2.43. The van der Waals surface area contributed by atoms with Gasteiger partial charge in [-0.15, -0.1) is 0 Å². The summed E-state index contributed by atoms with van der Waals surface area (Å²) in [5, 5.41) is 2.57. The van der Waals surface area contributed by atoms with Crippen LogP contribution in [0, 0.1) is 0 Å². The molecule has 0 unspecified atom stereocenters. The topological polar surface area (TPSA) is 90.9 Å². The number of hydrogen-bond donors (Lipinski definition) is 1. The van der Waals surface area contributed by atoms with E-state index >= 15 is 0 Å². The molecule has 0 radical (unpaired) electrons. The van der Waals surface area contributed by atoms with Gasteiger partial charge in [-0.25, -0.2) is 4.79 Å². The Morgan fingerprint density at radius 2 is 1.65 bits per heavy atom. The third kappa shape index (κ3) is 6.37. The summed E-state index contributed by atoms with van der Waals surface area (Å²) in [4.78, 5) is 34.7. The third-order valence-electron chi connectivity index (χ3n) is 3.20. The molecule has 0 bridgehead atoms. The number of benzene rings is 1. The lowest BCUT2D eigenvalue weighted by molar-refractivity contribution is -0.145. The highest BCUT2D eigenvalue weighted by atomic mass is 16.5. The van der Waals surface area contributed by atoms with Crippen LogP contribution in [-0.2, 0) is 30.3 Å². The zero-order valence-electron chi connectivity index (χ0n) is 13.5. The Labute approximate surface area is 134 Å². The van der Waals surface area contributed by atoms with Crippen LogP contribution in [-0.4, -0.2) is 45.2 Å². The zero-order valence-corrected chi connectivity index (χ0v) is 13.5. The van der Waals surface area contributed by atoms with Gasteiger partial charge in [0, 0.05) is 12.8 Å². The Morgan fingerprint density at radius 1 is 1.00 bits per heavy atom. The van der Waals surface area contributed by atoms with E-state index in [1.165, 1.54) is 14.2 Å². The normalized spacial score (nSPS) is 11.3. The summed E-state index contributed by atoms with van der Waals surface area (Å²) in [5.74, 6) is -0.748. The van der Waals surface area contributed by atoms with Crippen LogP contribution in [0.4, 0.5) is 0 Å². The number of rotatable bonds is 8. The van der Waals surface area contributed by atoms with Gasteiger partial charge >= 0.3 is 11.9 Å². The monoisotopic (exact) mass is 323 g/mol. The quantitative estimate of drug-likeness (QED) is 0.713. The fourth-order valence-corrected chi connectivity index (χ4v) is 1.92. The molecule has 1 aromatic rings. The summed E-state index contributed by atoms with van der Waals surface area (Å²) in [5.41, 5.74) is 0.842. The van der Waals surface area contributed by atoms with Gasteiger partial charge in [0.15, 0.2) is 0 Å². The van der Waals surface area contributed by atoms with Gasteiger partial charge in [-0.2, -0.15) is 0 Å². The van der Waals surface area contributed by atoms with Crippen molar-refractivity contribution in [3.05, 3.63) is 29.8 Å². The minimum atomic E-state index is -0.821. The average Bonchev–Trinajstić information content (AvgIpc) is 2.58. The number of amides is 1. The summed E-state index contributed by atoms with van der Waals surface area (Å²) in [7, 11) is 4.07. The first kappa shape index (κ1) is 18.5. The molecule has 1 amide bonds. The van der Waals surface area contributed by atoms with Crippen LogP contribution >= 0.6 is 0 Å². The maximum atomic E-state index is 11.8. The minimum Gasteiger partial charge on any atom is -0.497 e. The zero-order chi connectivity index (χ0) is 17.2. The standard InChI is InChI=1S/C16H21NO6/c1-21-12-6-4-11(5-7-12)10-13(16(20)23-3)17-14(18)8-9-15(19)22-2/h4-7,13H,8-10H2,1-3H3,(H,17,18)/t13-/m0/s1. The number of nitrogens with one attached hydrogen (secondary N) is 1. The highest BCUT2D eigenvalue weighted by Crippen LogP contribution is 2.13. The van der Waals surface area contributed by atoms with Gasteiger partial charge < -0.3 is 19.5 Å². The van der Waals surface area contributed by atoms with Gasteiger partial charge in [0.05, 0.1) is 27.8 Å². The predicted molar refractivity (Wildman–Crippen MR) is 81.9 cm³/mol. The van der Waals surface area contributed by atoms with E-state index in [0.717, 1.165) is 5.56 Å². The molecule has 0 heterocycles. The molecule has 1 aromatic carbocycles. The number of esters is 2. The van der Waals surface area contributed by atoms with E-state index in [2.05, 4.69) is 10.1 Å². The van der Waals surface area contributed by atoms with Crippen LogP contribution in [0.3, 0.4) is 0 Å². The first-order chi connectivity index (χ1) is 11.0. The second kappa shape index (κ2) is 9.45. The van der Waals surface area contributed by atoms with Gasteiger partial charge in [-0.1, -0.05) is 12.1 Å². The fourth-order valence-electron chi connectivity index (χ4n) is 1.92. The van der Waals surface area contributed by atoms with E-state index in [4.69, 9.17) is 9.47 Å². The Hall–Kier alpha value is -2.57. The van der Waals surface area contributed by atoms with Crippen molar-refractivity contribution in [2.75, 3.05) is 21.3 Å². The Bertz CT molecular complexity index is 540. The Morgan fingerprint density at radius 3 is 2.17 bits per heavy atom. The highest BCUT2D eigenvalue weighted by molar-refractivity contribution is 5.86. The first-order valence-corrected chi connectivity index (χ1v) is 7.07. The summed E-state index contributed by atoms with van der Waals surface area (Å²) in [6.07, 6.45) is 0.183. The van der Waals surface area contributed by atoms with Crippen molar-refractivity contribution >= 4 is 17.8 Å². The van der Waals surface area contributed by atoms with E-state index in [1.54, 1.807) is 31.4 Å². The summed E-state index contributed by atoms with van der Waals surface area (Å²) >= 11 is 0. The molecule has 23 heavy (non-hydrogen) atoms. The number of carbonyl (C=O) groups is 3. The van der Waals surface area contributed by atoms with Gasteiger partial charge in [-0.3, -0.25) is 9.59 Å². The van der Waals surface area contributed by atoms with Crippen molar-refractivity contribution in [3.63, 3.8) is 0 Å². The van der Waals surface area contributed by atoms with Crippen molar-refractivity contribution in [1.82, 2.24) is 5.32 Å². The molecule has 0 saturated carbocycles. The van der Waals surface area contributed by atoms with Crippen molar-refractivity contribution in [3.8, 4) is 5.75 Å². The fraction of sp³-hybridized carbons (Fsp3) is 0.438. The summed E-state index contributed by atoms with van der Waals surface area (Å²) < 4.78 is 14.2. The maximum absolute atomic E-state index is 11.8. The van der Waals surface area contributed by atoms with E-state index < -0.39 is 23.9 Å². The molecule has 1 rings (SSSR count). The van der Waals surface area contributed by atoms with Gasteiger partial charge in [0.2, 0.25) is 5.91 Å². The number of ether oxygens (including phenoxy) is 3. The maximum Gasteiger partial charge on any atom is 0.328 e. The molecule has 0 aliphatic heterocycles. The molecule has 1 N–H and O–H groups in total. The lowest BCUT2D eigenvalue weighted by atomic mass is 10.1. The van der Waals surface area contributed by atoms with Gasteiger partial charge in [0.1, 0.15) is 11.8 Å². The van der Waals surface area contributed by atoms with Crippen LogP contribution in [0.5, 0.6) is 5.75 Å². The van der Waals surface area contributed by atoms with Gasteiger partial charge in [-0.05, 0) is 17.7 Å². The van der Waals surface area contributed by atoms with E-state index in [1.807, 2.05) is 0 Å². The van der Waals surface area contributed by atoms with Crippen LogP contribution in [0.15, 0.2) is 24.3 Å². The van der Waals surface area contributed by atoms with Crippen molar-refractivity contribution in [2.24, 2.45) is 0 Å². The van der Waals surface area contributed by atoms with Gasteiger partial charge in [0.25, 0.3) is 0 Å². The predicted octanol–water partition coefficient (Wildman–Crippen LogP) is 0.849. The SMILES string of the molecule is COC(=O)CCC(=O)N[C@@H](Cc1ccc(OC)cc1)C(=O)OC. The molecule has 7 nitrogen and oxygen atoms in total. The Balaban J connectivity index is 2.66. The number of hydrogen-bond acceptors (Lipinski definition) is 6. The smallest absolute Gasteiger partial charge is 0.328 e. The average molecular weight is 323 g/mol. The Kier molecular flexibility index (Phi) is 7.59. The molecule has 7 heteroatoms. The lowest BCUT2D eigenvalue weighted by Gasteiger charge is -2.16. The molecule has 1 atom stereocenters. The number of carbonyl (C=O) groups excluding carboxylic acids is 3. The van der Waals surface area contributed by atoms with Crippen molar-refractivity contribution in [1.29, 1.82) is 0 Å². The van der Waals surface area contributed by atoms with Crippen LogP contribution in [0.2, 0.25) is 0 Å². The molecule has 0 fully saturated rings. The van der Waals surface area contributed by atoms with E-state index in [9.17, 15) is 14.4 Å². The van der Waals surface area contributed by atoms with Crippen molar-refractivity contribution < 1.29 is 28.6 Å². The molecular weight excluding hydrogens is 302 g/mol. The molecular formula is C16H21NO6. The molecule has 0 aliphatic rings. The molecule has 0 aromatic heterocycles. The first-order valence-electron chi connectivity index (χ1n) is 7.07. The van der Waals surface area contributed by atoms with Crippen LogP contribution in [0.25, 0.3) is 0 Å². The number of methoxy groups -OCH3 is 3. The summed E-state index contributed by atoms with van der Waals surface area (Å²) in [6.45, 7) is 0. The second-order valence-electron chi connectivity index (χ2n) is 4.77. The van der Waals surface area contributed by atoms with E-state index in [-0.39, 0.29) is 19.3 Å². The van der Waals surface area contributed by atoms with Crippen LogP contribution in [0.1, 0.15) is 18.4 Å². The summed E-state index contributed by atoms with van der Waals surface area (Å²) in [6, 6.07) is 6.31. The minimum absolute atomic E-state index is 0.0429. The van der Waals surface area contributed by atoms with E-state index in [0.29, 0.717) is 5.75 Å². The van der Waals surface area contributed by atoms with Crippen molar-refractivity contribution in [2.45, 2.75) is 25.3 Å². The highest BCUT2D eigenvalue weighted by Gasteiger charge is 2.22. The largest absolute Gasteiger partial charge is 0.497 e.